The molecule has 6 heteroatoms. The quantitative estimate of drug-likeness (QED) is 0.629. The molecule has 0 spiro atoms. The van der Waals surface area contributed by atoms with Gasteiger partial charge in [0, 0.05) is 5.56 Å². The number of aryl methyl sites for hydroxylation is 1. The lowest BCUT2D eigenvalue weighted by Crippen LogP contribution is -2.07. The summed E-state index contributed by atoms with van der Waals surface area (Å²) < 4.78 is 22.2. The average Bonchev–Trinajstić information content (AvgIpc) is 2.59. The van der Waals surface area contributed by atoms with Crippen molar-refractivity contribution >= 4 is 21.9 Å². The van der Waals surface area contributed by atoms with E-state index >= 15 is 0 Å². The van der Waals surface area contributed by atoms with E-state index in [0.29, 0.717) is 33.9 Å². The van der Waals surface area contributed by atoms with Crippen molar-refractivity contribution in [1.82, 2.24) is 0 Å². The number of rotatable bonds is 7. The van der Waals surface area contributed by atoms with Gasteiger partial charge in [-0.3, -0.25) is 0 Å². The van der Waals surface area contributed by atoms with Crippen molar-refractivity contribution in [2.45, 2.75) is 20.5 Å². The van der Waals surface area contributed by atoms with Crippen molar-refractivity contribution in [3.05, 3.63) is 51.5 Å². The Balaban J connectivity index is 2.20. The average molecular weight is 409 g/mol. The summed E-state index contributed by atoms with van der Waals surface area (Å²) in [6, 6.07) is 9.00. The Bertz CT molecular complexity index is 758. The predicted molar refractivity (Wildman–Crippen MR) is 98.7 cm³/mol. The van der Waals surface area contributed by atoms with E-state index in [1.165, 1.54) is 0 Å². The molecule has 25 heavy (non-hydrogen) atoms. The molecule has 5 nitrogen and oxygen atoms in total. The number of esters is 1. The van der Waals surface area contributed by atoms with Crippen molar-refractivity contribution in [2.24, 2.45) is 0 Å². The zero-order chi connectivity index (χ0) is 18.4. The zero-order valence-electron chi connectivity index (χ0n) is 14.7. The summed E-state index contributed by atoms with van der Waals surface area (Å²) in [7, 11) is 3.13. The highest BCUT2D eigenvalue weighted by atomic mass is 79.9. The molecule has 0 atom stereocenters. The lowest BCUT2D eigenvalue weighted by molar-refractivity contribution is 0.0469. The van der Waals surface area contributed by atoms with E-state index in [0.717, 1.165) is 11.1 Å². The number of hydrogen-bond acceptors (Lipinski definition) is 5. The van der Waals surface area contributed by atoms with Crippen LogP contribution in [0.5, 0.6) is 17.2 Å². The molecule has 0 N–H and O–H groups in total. The van der Waals surface area contributed by atoms with Crippen LogP contribution >= 0.6 is 15.9 Å². The molecule has 0 fully saturated rings. The molecule has 0 radical (unpaired) electrons. The fourth-order valence-corrected chi connectivity index (χ4v) is 3.00. The number of benzene rings is 2. The van der Waals surface area contributed by atoms with Crippen molar-refractivity contribution in [1.29, 1.82) is 0 Å². The topological polar surface area (TPSA) is 54.0 Å². The molecule has 0 heterocycles. The van der Waals surface area contributed by atoms with E-state index in [9.17, 15) is 4.79 Å². The minimum absolute atomic E-state index is 0.122. The fourth-order valence-electron chi connectivity index (χ4n) is 2.39. The first kappa shape index (κ1) is 19.1. The van der Waals surface area contributed by atoms with Gasteiger partial charge in [-0.05, 0) is 54.0 Å². The van der Waals surface area contributed by atoms with Crippen LogP contribution in [-0.4, -0.2) is 26.8 Å². The summed E-state index contributed by atoms with van der Waals surface area (Å²) in [5, 5.41) is 0. The van der Waals surface area contributed by atoms with E-state index in [1.807, 2.05) is 32.0 Å². The number of halogens is 1. The van der Waals surface area contributed by atoms with Gasteiger partial charge in [-0.1, -0.05) is 11.6 Å². The molecule has 0 amide bonds. The maximum atomic E-state index is 12.4. The zero-order valence-corrected chi connectivity index (χ0v) is 16.3. The van der Waals surface area contributed by atoms with E-state index in [2.05, 4.69) is 15.9 Å². The second kappa shape index (κ2) is 8.76. The Labute approximate surface area is 156 Å². The second-order valence-electron chi connectivity index (χ2n) is 5.31. The van der Waals surface area contributed by atoms with E-state index in [1.54, 1.807) is 26.4 Å². The van der Waals surface area contributed by atoms with Gasteiger partial charge in [0.15, 0.2) is 11.5 Å². The van der Waals surface area contributed by atoms with Gasteiger partial charge in [0.05, 0.1) is 30.9 Å². The first-order chi connectivity index (χ1) is 12.0. The van der Waals surface area contributed by atoms with Crippen LogP contribution in [0.4, 0.5) is 0 Å². The van der Waals surface area contributed by atoms with Crippen LogP contribution in [0, 0.1) is 6.92 Å². The first-order valence-electron chi connectivity index (χ1n) is 7.81. The highest BCUT2D eigenvalue weighted by molar-refractivity contribution is 9.10. The lowest BCUT2D eigenvalue weighted by Gasteiger charge is -2.14. The number of carbonyl (C=O) groups is 1. The van der Waals surface area contributed by atoms with Gasteiger partial charge in [0.25, 0.3) is 0 Å². The van der Waals surface area contributed by atoms with Gasteiger partial charge >= 0.3 is 5.97 Å². The van der Waals surface area contributed by atoms with Crippen LogP contribution in [0.1, 0.15) is 28.4 Å². The molecule has 0 bridgehead atoms. The largest absolute Gasteiger partial charge is 0.496 e. The Morgan fingerprint density at radius 1 is 1.08 bits per heavy atom. The van der Waals surface area contributed by atoms with E-state index in [-0.39, 0.29) is 6.61 Å². The molecule has 134 valence electrons. The monoisotopic (exact) mass is 408 g/mol. The highest BCUT2D eigenvalue weighted by Gasteiger charge is 2.17. The number of carbonyl (C=O) groups excluding carboxylic acids is 1. The summed E-state index contributed by atoms with van der Waals surface area (Å²) in [5.41, 5.74) is 2.26. The van der Waals surface area contributed by atoms with Crippen LogP contribution in [-0.2, 0) is 11.3 Å². The third kappa shape index (κ3) is 4.66. The normalized spacial score (nSPS) is 10.3. The van der Waals surface area contributed by atoms with Gasteiger partial charge < -0.3 is 18.9 Å². The van der Waals surface area contributed by atoms with Crippen LogP contribution in [0.25, 0.3) is 0 Å². The lowest BCUT2D eigenvalue weighted by atomic mass is 10.1. The highest BCUT2D eigenvalue weighted by Crippen LogP contribution is 2.36. The maximum Gasteiger partial charge on any atom is 0.338 e. The first-order valence-corrected chi connectivity index (χ1v) is 8.60. The Kier molecular flexibility index (Phi) is 6.70. The molecular weight excluding hydrogens is 388 g/mol. The fraction of sp³-hybridized carbons (Fsp3) is 0.316. The summed E-state index contributed by atoms with van der Waals surface area (Å²) in [6.07, 6.45) is 0. The van der Waals surface area contributed by atoms with Crippen molar-refractivity contribution in [3.8, 4) is 17.2 Å². The molecule has 0 unspecified atom stereocenters. The van der Waals surface area contributed by atoms with Crippen molar-refractivity contribution in [3.63, 3.8) is 0 Å². The minimum atomic E-state index is -0.451. The maximum absolute atomic E-state index is 12.4. The molecule has 2 aromatic rings. The van der Waals surface area contributed by atoms with Gasteiger partial charge in [0.2, 0.25) is 0 Å². The summed E-state index contributed by atoms with van der Waals surface area (Å²) in [4.78, 5) is 12.4. The van der Waals surface area contributed by atoms with Gasteiger partial charge in [-0.15, -0.1) is 0 Å². The van der Waals surface area contributed by atoms with Crippen LogP contribution in [0.15, 0.2) is 34.8 Å². The Morgan fingerprint density at radius 3 is 2.48 bits per heavy atom. The predicted octanol–water partition coefficient (Wildman–Crippen LogP) is 4.53. The standard InChI is InChI=1S/C19H21BrO5/c1-5-24-17-10-13(9-15(20)18(17)23-4)19(21)25-11-14-8-12(2)6-7-16(14)22-3/h6-10H,5,11H2,1-4H3. The summed E-state index contributed by atoms with van der Waals surface area (Å²) >= 11 is 3.39. The molecule has 0 saturated heterocycles. The molecule has 0 aliphatic carbocycles. The molecule has 0 aliphatic heterocycles. The molecular formula is C19H21BrO5. The van der Waals surface area contributed by atoms with Gasteiger partial charge in [0.1, 0.15) is 12.4 Å². The number of methoxy groups -OCH3 is 2. The number of hydrogen-bond donors (Lipinski definition) is 0. The molecule has 0 aromatic heterocycles. The smallest absolute Gasteiger partial charge is 0.338 e. The Morgan fingerprint density at radius 2 is 1.84 bits per heavy atom. The van der Waals surface area contributed by atoms with Crippen LogP contribution in [0.2, 0.25) is 0 Å². The van der Waals surface area contributed by atoms with Crippen LogP contribution < -0.4 is 14.2 Å². The third-order valence-corrected chi connectivity index (χ3v) is 4.13. The van der Waals surface area contributed by atoms with Gasteiger partial charge in [-0.25, -0.2) is 4.79 Å². The van der Waals surface area contributed by atoms with Crippen LogP contribution in [0.3, 0.4) is 0 Å². The molecule has 0 saturated carbocycles. The minimum Gasteiger partial charge on any atom is -0.496 e. The van der Waals surface area contributed by atoms with E-state index < -0.39 is 5.97 Å². The number of ether oxygens (including phenoxy) is 4. The third-order valence-electron chi connectivity index (χ3n) is 3.54. The van der Waals surface area contributed by atoms with E-state index in [4.69, 9.17) is 18.9 Å². The summed E-state index contributed by atoms with van der Waals surface area (Å²) in [6.45, 7) is 4.42. The van der Waals surface area contributed by atoms with Gasteiger partial charge in [-0.2, -0.15) is 0 Å². The molecule has 2 aromatic carbocycles. The summed E-state index contributed by atoms with van der Waals surface area (Å²) in [5.74, 6) is 1.26. The Hall–Kier alpha value is -2.21. The molecule has 0 aliphatic rings. The SMILES string of the molecule is CCOc1cc(C(=O)OCc2cc(C)ccc2OC)cc(Br)c1OC. The van der Waals surface area contributed by atoms with Crippen molar-refractivity contribution in [2.75, 3.05) is 20.8 Å². The van der Waals surface area contributed by atoms with Crippen molar-refractivity contribution < 1.29 is 23.7 Å². The molecule has 2 rings (SSSR count). The second-order valence-corrected chi connectivity index (χ2v) is 6.17.